The van der Waals surface area contributed by atoms with Gasteiger partial charge in [-0.15, -0.1) is 0 Å². The van der Waals surface area contributed by atoms with E-state index in [-0.39, 0.29) is 24.6 Å². The van der Waals surface area contributed by atoms with Crippen molar-refractivity contribution in [2.45, 2.75) is 25.8 Å². The van der Waals surface area contributed by atoms with E-state index in [0.717, 1.165) is 18.7 Å². The first kappa shape index (κ1) is 13.5. The number of nitrogens with one attached hydrogen (secondary N) is 2. The van der Waals surface area contributed by atoms with Crippen molar-refractivity contribution in [3.63, 3.8) is 0 Å². The van der Waals surface area contributed by atoms with E-state index < -0.39 is 0 Å². The topological polar surface area (TPSA) is 87.1 Å². The van der Waals surface area contributed by atoms with Crippen LogP contribution in [-0.4, -0.2) is 33.8 Å². The van der Waals surface area contributed by atoms with Gasteiger partial charge in [-0.2, -0.15) is 0 Å². The van der Waals surface area contributed by atoms with Crippen molar-refractivity contribution < 1.29 is 9.90 Å². The van der Waals surface area contributed by atoms with E-state index in [2.05, 4.69) is 20.6 Å². The van der Waals surface area contributed by atoms with Crippen LogP contribution in [0.3, 0.4) is 0 Å². The monoisotopic (exact) mass is 262 g/mol. The third-order valence-corrected chi connectivity index (χ3v) is 3.00. The van der Waals surface area contributed by atoms with E-state index in [1.54, 1.807) is 12.4 Å². The smallest absolute Gasteiger partial charge is 0.319 e. The van der Waals surface area contributed by atoms with Crippen LogP contribution in [0, 0.1) is 5.92 Å². The molecule has 0 bridgehead atoms. The molecule has 6 heteroatoms. The van der Waals surface area contributed by atoms with Crippen LogP contribution in [0.25, 0.3) is 0 Å². The van der Waals surface area contributed by atoms with Crippen LogP contribution < -0.4 is 10.6 Å². The lowest BCUT2D eigenvalue weighted by Gasteiger charge is -2.13. The molecule has 1 aromatic heterocycles. The van der Waals surface area contributed by atoms with Gasteiger partial charge in [0.15, 0.2) is 0 Å². The zero-order chi connectivity index (χ0) is 13.7. The molecule has 1 aromatic rings. The van der Waals surface area contributed by atoms with Crippen molar-refractivity contribution in [2.24, 2.45) is 5.92 Å². The highest BCUT2D eigenvalue weighted by Crippen LogP contribution is 2.17. The summed E-state index contributed by atoms with van der Waals surface area (Å²) in [6.07, 6.45) is 8.50. The summed E-state index contributed by atoms with van der Waals surface area (Å²) in [5, 5.41) is 14.5. The minimum atomic E-state index is -0.291. The van der Waals surface area contributed by atoms with E-state index in [9.17, 15) is 4.79 Å². The Hall–Kier alpha value is -1.95. The number of aliphatic hydroxyl groups excluding tert-OH is 1. The Morgan fingerprint density at radius 2 is 2.16 bits per heavy atom. The maximum atomic E-state index is 11.7. The number of anilines is 1. The van der Waals surface area contributed by atoms with Gasteiger partial charge in [-0.3, -0.25) is 0 Å². The van der Waals surface area contributed by atoms with Crippen molar-refractivity contribution in [3.8, 4) is 0 Å². The van der Waals surface area contributed by atoms with Crippen molar-refractivity contribution in [1.82, 2.24) is 15.3 Å². The van der Waals surface area contributed by atoms with Crippen molar-refractivity contribution >= 4 is 11.7 Å². The average Bonchev–Trinajstić information content (AvgIpc) is 2.87. The molecule has 19 heavy (non-hydrogen) atoms. The van der Waals surface area contributed by atoms with Gasteiger partial charge in [0, 0.05) is 25.0 Å². The van der Waals surface area contributed by atoms with Crippen molar-refractivity contribution in [2.75, 3.05) is 11.9 Å². The maximum absolute atomic E-state index is 11.7. The van der Waals surface area contributed by atoms with Crippen LogP contribution in [0.4, 0.5) is 10.5 Å². The molecule has 0 unspecified atom stereocenters. The number of amides is 2. The molecular weight excluding hydrogens is 244 g/mol. The fourth-order valence-electron chi connectivity index (χ4n) is 1.95. The molecule has 1 aliphatic rings. The summed E-state index contributed by atoms with van der Waals surface area (Å²) in [5.74, 6) is 0.882. The molecule has 0 aliphatic heterocycles. The second kappa shape index (κ2) is 6.29. The second-order valence-corrected chi connectivity index (χ2v) is 4.51. The highest BCUT2D eigenvalue weighted by atomic mass is 16.3. The Labute approximate surface area is 112 Å². The van der Waals surface area contributed by atoms with Crippen LogP contribution >= 0.6 is 0 Å². The fraction of sp³-hybridized carbons (Fsp3) is 0.462. The average molecular weight is 262 g/mol. The van der Waals surface area contributed by atoms with Gasteiger partial charge in [-0.1, -0.05) is 19.1 Å². The largest absolute Gasteiger partial charge is 0.396 e. The zero-order valence-electron chi connectivity index (χ0n) is 10.8. The molecule has 1 heterocycles. The normalized spacial score (nSPS) is 21.4. The SMILES string of the molecule is CCc1ncc(NC(=O)N[C@@H]2C=C[C@H](CO)C2)cn1. The summed E-state index contributed by atoms with van der Waals surface area (Å²) in [7, 11) is 0. The standard InChI is InChI=1S/C13H18N4O2/c1-2-12-14-6-11(7-15-12)17-13(19)16-10-4-3-9(5-10)8-18/h3-4,6-7,9-10,18H,2,5,8H2,1H3,(H2,16,17,19)/t9-,10+/m0/s1. The molecule has 0 aromatic carbocycles. The molecule has 0 radical (unpaired) electrons. The Morgan fingerprint density at radius 3 is 2.74 bits per heavy atom. The van der Waals surface area contributed by atoms with Gasteiger partial charge in [-0.05, 0) is 6.42 Å². The zero-order valence-corrected chi connectivity index (χ0v) is 10.8. The molecule has 6 nitrogen and oxygen atoms in total. The number of aliphatic hydroxyl groups is 1. The second-order valence-electron chi connectivity index (χ2n) is 4.51. The van der Waals surface area contributed by atoms with Gasteiger partial charge in [-0.25, -0.2) is 14.8 Å². The number of hydrogen-bond acceptors (Lipinski definition) is 4. The lowest BCUT2D eigenvalue weighted by molar-refractivity contribution is 0.238. The number of carbonyl (C=O) groups excluding carboxylic acids is 1. The van der Waals surface area contributed by atoms with Gasteiger partial charge in [0.05, 0.1) is 18.1 Å². The molecule has 2 atom stereocenters. The molecule has 3 N–H and O–H groups in total. The van der Waals surface area contributed by atoms with Gasteiger partial charge in [0.1, 0.15) is 5.82 Å². The molecule has 1 aliphatic carbocycles. The summed E-state index contributed by atoms with van der Waals surface area (Å²) >= 11 is 0. The van der Waals surface area contributed by atoms with Crippen LogP contribution in [-0.2, 0) is 6.42 Å². The highest BCUT2D eigenvalue weighted by molar-refractivity contribution is 5.89. The van der Waals surface area contributed by atoms with Crippen molar-refractivity contribution in [1.29, 1.82) is 0 Å². The molecule has 0 fully saturated rings. The van der Waals surface area contributed by atoms with E-state index in [4.69, 9.17) is 5.11 Å². The molecular formula is C13H18N4O2. The number of rotatable bonds is 4. The van der Waals surface area contributed by atoms with E-state index in [1.807, 2.05) is 19.1 Å². The highest BCUT2D eigenvalue weighted by Gasteiger charge is 2.19. The van der Waals surface area contributed by atoms with Gasteiger partial charge in [0.2, 0.25) is 0 Å². The summed E-state index contributed by atoms with van der Waals surface area (Å²) in [6, 6.07) is -0.325. The van der Waals surface area contributed by atoms with Crippen LogP contribution in [0.5, 0.6) is 0 Å². The van der Waals surface area contributed by atoms with Gasteiger partial charge in [0.25, 0.3) is 0 Å². The Bertz CT molecular complexity index is 458. The predicted molar refractivity (Wildman–Crippen MR) is 71.7 cm³/mol. The first-order valence-electron chi connectivity index (χ1n) is 6.39. The number of aromatic nitrogens is 2. The molecule has 2 amide bonds. The van der Waals surface area contributed by atoms with Crippen LogP contribution in [0.15, 0.2) is 24.5 Å². The Morgan fingerprint density at radius 1 is 1.42 bits per heavy atom. The third kappa shape index (κ3) is 3.75. The Kier molecular flexibility index (Phi) is 4.46. The van der Waals surface area contributed by atoms with E-state index in [0.29, 0.717) is 5.69 Å². The third-order valence-electron chi connectivity index (χ3n) is 3.00. The molecule has 102 valence electrons. The number of urea groups is 1. The van der Waals surface area contributed by atoms with Crippen molar-refractivity contribution in [3.05, 3.63) is 30.4 Å². The number of hydrogen-bond donors (Lipinski definition) is 3. The van der Waals surface area contributed by atoms with E-state index in [1.165, 1.54) is 0 Å². The summed E-state index contributed by atoms with van der Waals surface area (Å²) < 4.78 is 0. The summed E-state index contributed by atoms with van der Waals surface area (Å²) in [6.45, 7) is 2.09. The summed E-state index contributed by atoms with van der Waals surface area (Å²) in [5.41, 5.74) is 0.565. The molecule has 0 saturated carbocycles. The van der Waals surface area contributed by atoms with Crippen LogP contribution in [0.2, 0.25) is 0 Å². The minimum Gasteiger partial charge on any atom is -0.396 e. The fourth-order valence-corrected chi connectivity index (χ4v) is 1.95. The molecule has 0 saturated heterocycles. The Balaban J connectivity index is 1.82. The number of nitrogens with zero attached hydrogens (tertiary/aromatic N) is 2. The van der Waals surface area contributed by atoms with Gasteiger partial charge < -0.3 is 15.7 Å². The first-order valence-corrected chi connectivity index (χ1v) is 6.39. The summed E-state index contributed by atoms with van der Waals surface area (Å²) in [4.78, 5) is 20.0. The quantitative estimate of drug-likeness (QED) is 0.709. The first-order chi connectivity index (χ1) is 9.21. The lowest BCUT2D eigenvalue weighted by Crippen LogP contribution is -2.36. The minimum absolute atomic E-state index is 0.0343. The molecule has 0 spiro atoms. The maximum Gasteiger partial charge on any atom is 0.319 e. The molecule has 2 rings (SSSR count). The predicted octanol–water partition coefficient (Wildman–Crippen LogP) is 1.10. The van der Waals surface area contributed by atoms with E-state index >= 15 is 0 Å². The number of carbonyl (C=O) groups is 1. The van der Waals surface area contributed by atoms with Gasteiger partial charge >= 0.3 is 6.03 Å². The van der Waals surface area contributed by atoms with Crippen LogP contribution in [0.1, 0.15) is 19.2 Å². The number of aryl methyl sites for hydroxylation is 1. The lowest BCUT2D eigenvalue weighted by atomic mass is 10.1.